The summed E-state index contributed by atoms with van der Waals surface area (Å²) < 4.78 is 2.17. The first-order valence-corrected chi connectivity index (χ1v) is 6.59. The first kappa shape index (κ1) is 13.6. The first-order chi connectivity index (χ1) is 8.93. The van der Waals surface area contributed by atoms with E-state index in [0.717, 1.165) is 23.4 Å². The van der Waals surface area contributed by atoms with Gasteiger partial charge < -0.3 is 9.67 Å². The lowest BCUT2D eigenvalue weighted by molar-refractivity contribution is -0.139. The molecule has 19 heavy (non-hydrogen) atoms. The largest absolute Gasteiger partial charge is 0.481 e. The molecule has 2 aromatic rings. The maximum Gasteiger partial charge on any atom is 0.303 e. The van der Waals surface area contributed by atoms with Gasteiger partial charge in [-0.25, -0.2) is 4.98 Å². The van der Waals surface area contributed by atoms with Crippen molar-refractivity contribution in [2.24, 2.45) is 5.41 Å². The number of aromatic nitrogens is 2. The molecule has 0 amide bonds. The second-order valence-electron chi connectivity index (χ2n) is 5.67. The third-order valence-electron chi connectivity index (χ3n) is 3.32. The van der Waals surface area contributed by atoms with Gasteiger partial charge in [-0.15, -0.1) is 0 Å². The number of fused-ring (bicyclic) bond motifs is 1. The fourth-order valence-electron chi connectivity index (χ4n) is 2.51. The highest BCUT2D eigenvalue weighted by molar-refractivity contribution is 5.76. The van der Waals surface area contributed by atoms with E-state index in [2.05, 4.69) is 22.5 Å². The average molecular weight is 260 g/mol. The minimum absolute atomic E-state index is 0.153. The summed E-state index contributed by atoms with van der Waals surface area (Å²) in [5.74, 6) is 0.208. The van der Waals surface area contributed by atoms with Crippen molar-refractivity contribution in [3.05, 3.63) is 30.1 Å². The van der Waals surface area contributed by atoms with Gasteiger partial charge in [0.2, 0.25) is 0 Å². The molecule has 0 aliphatic heterocycles. The SMILES string of the molecule is CCn1c(CC(C)(C)CC(=O)O)nc2ccccc21. The molecule has 1 N–H and O–H groups in total. The summed E-state index contributed by atoms with van der Waals surface area (Å²) in [7, 11) is 0. The summed E-state index contributed by atoms with van der Waals surface area (Å²) in [6.45, 7) is 6.88. The monoisotopic (exact) mass is 260 g/mol. The predicted octanol–water partition coefficient (Wildman–Crippen LogP) is 3.10. The Morgan fingerprint density at radius 3 is 2.68 bits per heavy atom. The molecule has 1 aromatic carbocycles. The lowest BCUT2D eigenvalue weighted by atomic mass is 9.85. The molecule has 102 valence electrons. The Kier molecular flexibility index (Phi) is 3.60. The van der Waals surface area contributed by atoms with Crippen molar-refractivity contribution >= 4 is 17.0 Å². The topological polar surface area (TPSA) is 55.1 Å². The van der Waals surface area contributed by atoms with E-state index >= 15 is 0 Å². The maximum atomic E-state index is 10.9. The molecule has 0 radical (unpaired) electrons. The molecule has 0 aliphatic rings. The number of carboxylic acid groups (broad SMARTS) is 1. The molecule has 0 fully saturated rings. The number of imidazole rings is 1. The lowest BCUT2D eigenvalue weighted by Gasteiger charge is -2.22. The summed E-state index contributed by atoms with van der Waals surface area (Å²) in [5, 5.41) is 8.97. The predicted molar refractivity (Wildman–Crippen MR) is 75.1 cm³/mol. The second-order valence-corrected chi connectivity index (χ2v) is 5.67. The molecule has 0 unspecified atom stereocenters. The number of hydrogen-bond acceptors (Lipinski definition) is 2. The van der Waals surface area contributed by atoms with Crippen LogP contribution in [-0.2, 0) is 17.8 Å². The minimum atomic E-state index is -0.760. The van der Waals surface area contributed by atoms with Crippen LogP contribution in [0, 0.1) is 5.41 Å². The normalized spacial score (nSPS) is 11.9. The van der Waals surface area contributed by atoms with Crippen LogP contribution >= 0.6 is 0 Å². The van der Waals surface area contributed by atoms with Gasteiger partial charge in [0, 0.05) is 13.0 Å². The van der Waals surface area contributed by atoms with Crippen LogP contribution in [0.1, 0.15) is 33.0 Å². The number of hydrogen-bond donors (Lipinski definition) is 1. The Morgan fingerprint density at radius 2 is 2.05 bits per heavy atom. The van der Waals surface area contributed by atoms with Crippen molar-refractivity contribution in [3.63, 3.8) is 0 Å². The van der Waals surface area contributed by atoms with E-state index < -0.39 is 5.97 Å². The van der Waals surface area contributed by atoms with Gasteiger partial charge in [-0.2, -0.15) is 0 Å². The van der Waals surface area contributed by atoms with Crippen LogP contribution in [-0.4, -0.2) is 20.6 Å². The van der Waals surface area contributed by atoms with Gasteiger partial charge in [0.05, 0.1) is 17.5 Å². The number of para-hydroxylation sites is 2. The van der Waals surface area contributed by atoms with E-state index in [1.807, 2.05) is 32.0 Å². The first-order valence-electron chi connectivity index (χ1n) is 6.59. The third kappa shape index (κ3) is 2.95. The Balaban J connectivity index is 2.37. The van der Waals surface area contributed by atoms with Crippen molar-refractivity contribution in [2.45, 2.75) is 40.2 Å². The molecule has 0 atom stereocenters. The van der Waals surface area contributed by atoms with Gasteiger partial charge in [0.1, 0.15) is 5.82 Å². The molecule has 0 bridgehead atoms. The van der Waals surface area contributed by atoms with Crippen LogP contribution in [0.4, 0.5) is 0 Å². The van der Waals surface area contributed by atoms with Gasteiger partial charge in [0.15, 0.2) is 0 Å². The van der Waals surface area contributed by atoms with Crippen LogP contribution in [0.15, 0.2) is 24.3 Å². The van der Waals surface area contributed by atoms with E-state index in [0.29, 0.717) is 6.42 Å². The van der Waals surface area contributed by atoms with Gasteiger partial charge in [-0.3, -0.25) is 4.79 Å². The van der Waals surface area contributed by atoms with Gasteiger partial charge in [-0.05, 0) is 24.5 Å². The highest BCUT2D eigenvalue weighted by Gasteiger charge is 2.25. The second kappa shape index (κ2) is 5.03. The average Bonchev–Trinajstić information content (AvgIpc) is 2.62. The zero-order valence-corrected chi connectivity index (χ0v) is 11.7. The van der Waals surface area contributed by atoms with Crippen molar-refractivity contribution in [3.8, 4) is 0 Å². The van der Waals surface area contributed by atoms with Gasteiger partial charge in [-0.1, -0.05) is 26.0 Å². The molecule has 0 aliphatic carbocycles. The van der Waals surface area contributed by atoms with Crippen molar-refractivity contribution in [1.29, 1.82) is 0 Å². The quantitative estimate of drug-likeness (QED) is 0.898. The van der Waals surface area contributed by atoms with E-state index in [9.17, 15) is 4.79 Å². The van der Waals surface area contributed by atoms with Crippen LogP contribution in [0.5, 0.6) is 0 Å². The Labute approximate surface area is 113 Å². The number of rotatable bonds is 5. The number of carboxylic acids is 1. The van der Waals surface area contributed by atoms with Crippen LogP contribution in [0.2, 0.25) is 0 Å². The highest BCUT2D eigenvalue weighted by Crippen LogP contribution is 2.27. The van der Waals surface area contributed by atoms with Crippen LogP contribution in [0.25, 0.3) is 11.0 Å². The summed E-state index contributed by atoms with van der Waals surface area (Å²) >= 11 is 0. The number of benzene rings is 1. The Bertz CT molecular complexity index is 599. The number of nitrogens with zero attached hydrogens (tertiary/aromatic N) is 2. The molecular formula is C15H20N2O2. The summed E-state index contributed by atoms with van der Waals surface area (Å²) in [4.78, 5) is 15.6. The minimum Gasteiger partial charge on any atom is -0.481 e. The summed E-state index contributed by atoms with van der Waals surface area (Å²) in [5.41, 5.74) is 1.80. The van der Waals surface area contributed by atoms with Crippen LogP contribution in [0.3, 0.4) is 0 Å². The van der Waals surface area contributed by atoms with E-state index in [-0.39, 0.29) is 11.8 Å². The molecule has 0 saturated heterocycles. The van der Waals surface area contributed by atoms with Crippen LogP contribution < -0.4 is 0 Å². The Morgan fingerprint density at radius 1 is 1.37 bits per heavy atom. The number of carbonyl (C=O) groups is 1. The van der Waals surface area contributed by atoms with Crippen molar-refractivity contribution in [1.82, 2.24) is 9.55 Å². The van der Waals surface area contributed by atoms with Gasteiger partial charge in [0.25, 0.3) is 0 Å². The molecule has 4 heteroatoms. The highest BCUT2D eigenvalue weighted by atomic mass is 16.4. The van der Waals surface area contributed by atoms with E-state index in [1.54, 1.807) is 0 Å². The fraction of sp³-hybridized carbons (Fsp3) is 0.467. The molecule has 1 aromatic heterocycles. The molecule has 2 rings (SSSR count). The molecule has 0 spiro atoms. The molecule has 1 heterocycles. The standard InChI is InChI=1S/C15H20N2O2/c1-4-17-12-8-6-5-7-11(12)16-13(17)9-15(2,3)10-14(18)19/h5-8H,4,9-10H2,1-3H3,(H,18,19). The zero-order chi connectivity index (χ0) is 14.0. The van der Waals surface area contributed by atoms with Crippen molar-refractivity contribution < 1.29 is 9.90 Å². The number of aliphatic carboxylic acids is 1. The summed E-state index contributed by atoms with van der Waals surface area (Å²) in [6, 6.07) is 8.03. The zero-order valence-electron chi connectivity index (χ0n) is 11.7. The maximum absolute atomic E-state index is 10.9. The van der Waals surface area contributed by atoms with Gasteiger partial charge >= 0.3 is 5.97 Å². The Hall–Kier alpha value is -1.84. The van der Waals surface area contributed by atoms with E-state index in [1.165, 1.54) is 0 Å². The third-order valence-corrected chi connectivity index (χ3v) is 3.32. The van der Waals surface area contributed by atoms with E-state index in [4.69, 9.17) is 5.11 Å². The number of aryl methyl sites for hydroxylation is 1. The molecular weight excluding hydrogens is 240 g/mol. The molecule has 0 saturated carbocycles. The summed E-state index contributed by atoms with van der Waals surface area (Å²) in [6.07, 6.45) is 0.821. The lowest BCUT2D eigenvalue weighted by Crippen LogP contribution is -2.21. The smallest absolute Gasteiger partial charge is 0.303 e. The molecule has 4 nitrogen and oxygen atoms in total. The van der Waals surface area contributed by atoms with Crippen molar-refractivity contribution in [2.75, 3.05) is 0 Å². The fourth-order valence-corrected chi connectivity index (χ4v) is 2.51.